The van der Waals surface area contributed by atoms with Crippen molar-refractivity contribution >= 4 is 5.91 Å². The number of amides is 1. The first-order valence-electron chi connectivity index (χ1n) is 8.66. The maximum Gasteiger partial charge on any atom is 0.225 e. The maximum atomic E-state index is 12.8. The summed E-state index contributed by atoms with van der Waals surface area (Å²) in [5, 5.41) is 0. The zero-order valence-electron chi connectivity index (χ0n) is 14.2. The van der Waals surface area contributed by atoms with Crippen LogP contribution in [0.1, 0.15) is 63.7 Å². The topological polar surface area (TPSA) is 29.5 Å². The summed E-state index contributed by atoms with van der Waals surface area (Å²) in [6, 6.07) is 8.66. The average Bonchev–Trinajstić information content (AvgIpc) is 2.55. The Morgan fingerprint density at radius 1 is 1.36 bits per heavy atom. The highest BCUT2D eigenvalue weighted by atomic mass is 16.5. The number of nitrogens with zero attached hydrogens (tertiary/aromatic N) is 1. The van der Waals surface area contributed by atoms with Gasteiger partial charge in [-0.15, -0.1) is 0 Å². The zero-order chi connectivity index (χ0) is 15.9. The molecule has 22 heavy (non-hydrogen) atoms. The van der Waals surface area contributed by atoms with Crippen LogP contribution in [0.5, 0.6) is 0 Å². The summed E-state index contributed by atoms with van der Waals surface area (Å²) in [5.74, 6) is 0.226. The predicted octanol–water partition coefficient (Wildman–Crippen LogP) is 4.12. The fourth-order valence-electron chi connectivity index (χ4n) is 3.06. The van der Waals surface area contributed by atoms with Crippen molar-refractivity contribution < 1.29 is 9.53 Å². The molecule has 0 aliphatic carbocycles. The third-order valence-electron chi connectivity index (χ3n) is 4.65. The van der Waals surface area contributed by atoms with Gasteiger partial charge in [-0.2, -0.15) is 0 Å². The van der Waals surface area contributed by atoms with Gasteiger partial charge >= 0.3 is 0 Å². The molecule has 1 aliphatic rings. The van der Waals surface area contributed by atoms with Crippen LogP contribution in [0.3, 0.4) is 0 Å². The highest BCUT2D eigenvalue weighted by Gasteiger charge is 2.26. The first-order chi connectivity index (χ1) is 10.7. The third kappa shape index (κ3) is 4.10. The van der Waals surface area contributed by atoms with Crippen molar-refractivity contribution in [3.05, 3.63) is 35.4 Å². The van der Waals surface area contributed by atoms with Gasteiger partial charge < -0.3 is 9.64 Å². The van der Waals surface area contributed by atoms with Gasteiger partial charge in [0.15, 0.2) is 0 Å². The lowest BCUT2D eigenvalue weighted by atomic mass is 9.95. The summed E-state index contributed by atoms with van der Waals surface area (Å²) in [6.07, 6.45) is 4.51. The standard InChI is InChI=1S/C19H29NO2/c1-4-6-12-20(15(3)5-2)19(21)14-18-17-10-8-7-9-16(17)11-13-22-18/h7-10,15,18H,4-6,11-14H2,1-3H3. The van der Waals surface area contributed by atoms with Gasteiger partial charge in [-0.1, -0.05) is 44.5 Å². The van der Waals surface area contributed by atoms with Gasteiger partial charge in [0, 0.05) is 12.6 Å². The molecule has 1 aromatic rings. The summed E-state index contributed by atoms with van der Waals surface area (Å²) in [5.41, 5.74) is 2.52. The second-order valence-corrected chi connectivity index (χ2v) is 6.21. The molecule has 2 rings (SSSR count). The Hall–Kier alpha value is -1.35. The Labute approximate surface area is 134 Å². The number of ether oxygens (including phenoxy) is 1. The van der Waals surface area contributed by atoms with Gasteiger partial charge in [0.2, 0.25) is 5.91 Å². The maximum absolute atomic E-state index is 12.8. The quantitative estimate of drug-likeness (QED) is 0.758. The fourth-order valence-corrected chi connectivity index (χ4v) is 3.06. The number of carbonyl (C=O) groups excluding carboxylic acids is 1. The molecule has 2 atom stereocenters. The molecule has 2 unspecified atom stereocenters. The Balaban J connectivity index is 2.06. The summed E-state index contributed by atoms with van der Waals surface area (Å²) >= 11 is 0. The number of hydrogen-bond acceptors (Lipinski definition) is 2. The van der Waals surface area contributed by atoms with Crippen LogP contribution in [0, 0.1) is 0 Å². The summed E-state index contributed by atoms with van der Waals surface area (Å²) in [6.45, 7) is 8.03. The number of benzene rings is 1. The molecule has 122 valence electrons. The molecular formula is C19H29NO2. The summed E-state index contributed by atoms with van der Waals surface area (Å²) < 4.78 is 5.90. The van der Waals surface area contributed by atoms with E-state index < -0.39 is 0 Å². The van der Waals surface area contributed by atoms with Crippen LogP contribution in [0.25, 0.3) is 0 Å². The minimum atomic E-state index is -0.0781. The van der Waals surface area contributed by atoms with E-state index in [1.807, 2.05) is 11.0 Å². The highest BCUT2D eigenvalue weighted by Crippen LogP contribution is 2.30. The molecule has 0 radical (unpaired) electrons. The highest BCUT2D eigenvalue weighted by molar-refractivity contribution is 5.77. The molecule has 0 fully saturated rings. The number of unbranched alkanes of at least 4 members (excludes halogenated alkanes) is 1. The first-order valence-corrected chi connectivity index (χ1v) is 8.66. The Bertz CT molecular complexity index is 486. The second-order valence-electron chi connectivity index (χ2n) is 6.21. The molecule has 1 heterocycles. The lowest BCUT2D eigenvalue weighted by molar-refractivity contribution is -0.136. The monoisotopic (exact) mass is 303 g/mol. The van der Waals surface area contributed by atoms with Crippen LogP contribution in [0.15, 0.2) is 24.3 Å². The van der Waals surface area contributed by atoms with Crippen LogP contribution >= 0.6 is 0 Å². The summed E-state index contributed by atoms with van der Waals surface area (Å²) in [4.78, 5) is 14.8. The van der Waals surface area contributed by atoms with E-state index in [4.69, 9.17) is 4.74 Å². The van der Waals surface area contributed by atoms with Crippen LogP contribution in [-0.2, 0) is 16.0 Å². The predicted molar refractivity (Wildman–Crippen MR) is 89.8 cm³/mol. The van der Waals surface area contributed by atoms with Gasteiger partial charge in [-0.25, -0.2) is 0 Å². The molecule has 0 spiro atoms. The van der Waals surface area contributed by atoms with Gasteiger partial charge in [0.05, 0.1) is 19.1 Å². The molecule has 0 aromatic heterocycles. The normalized spacial score (nSPS) is 18.6. The fraction of sp³-hybridized carbons (Fsp3) is 0.632. The lowest BCUT2D eigenvalue weighted by Crippen LogP contribution is -2.40. The number of hydrogen-bond donors (Lipinski definition) is 0. The van der Waals surface area contributed by atoms with Gasteiger partial charge in [0.1, 0.15) is 0 Å². The van der Waals surface area contributed by atoms with Gasteiger partial charge in [0.25, 0.3) is 0 Å². The van der Waals surface area contributed by atoms with Crippen molar-refractivity contribution in [2.45, 2.75) is 65.0 Å². The van der Waals surface area contributed by atoms with Crippen LogP contribution in [0.4, 0.5) is 0 Å². The van der Waals surface area contributed by atoms with Crippen molar-refractivity contribution in [2.75, 3.05) is 13.2 Å². The minimum Gasteiger partial charge on any atom is -0.373 e. The van der Waals surface area contributed by atoms with E-state index in [2.05, 4.69) is 39.0 Å². The second kappa shape index (κ2) is 8.33. The van der Waals surface area contributed by atoms with Crippen molar-refractivity contribution in [3.8, 4) is 0 Å². The molecule has 1 aromatic carbocycles. The Morgan fingerprint density at radius 2 is 2.14 bits per heavy atom. The molecule has 3 nitrogen and oxygen atoms in total. The zero-order valence-corrected chi connectivity index (χ0v) is 14.2. The van der Waals surface area contributed by atoms with E-state index in [0.29, 0.717) is 19.1 Å². The van der Waals surface area contributed by atoms with Crippen LogP contribution in [-0.4, -0.2) is 30.0 Å². The number of rotatable bonds is 7. The molecular weight excluding hydrogens is 274 g/mol. The van der Waals surface area contributed by atoms with Gasteiger partial charge in [-0.05, 0) is 37.3 Å². The minimum absolute atomic E-state index is 0.0781. The molecule has 0 saturated carbocycles. The molecule has 0 saturated heterocycles. The average molecular weight is 303 g/mol. The number of carbonyl (C=O) groups is 1. The van der Waals surface area contributed by atoms with Crippen molar-refractivity contribution in [3.63, 3.8) is 0 Å². The Morgan fingerprint density at radius 3 is 2.86 bits per heavy atom. The lowest BCUT2D eigenvalue weighted by Gasteiger charge is -2.32. The number of fused-ring (bicyclic) bond motifs is 1. The van der Waals surface area contributed by atoms with E-state index in [-0.39, 0.29) is 12.0 Å². The van der Waals surface area contributed by atoms with Crippen molar-refractivity contribution in [2.24, 2.45) is 0 Å². The molecule has 1 aliphatic heterocycles. The van der Waals surface area contributed by atoms with E-state index in [0.717, 1.165) is 32.2 Å². The SMILES string of the molecule is CCCCN(C(=O)CC1OCCc2ccccc21)C(C)CC. The van der Waals surface area contributed by atoms with Crippen LogP contribution < -0.4 is 0 Å². The molecule has 0 N–H and O–H groups in total. The third-order valence-corrected chi connectivity index (χ3v) is 4.65. The molecule has 1 amide bonds. The smallest absolute Gasteiger partial charge is 0.225 e. The van der Waals surface area contributed by atoms with Gasteiger partial charge in [-0.3, -0.25) is 4.79 Å². The molecule has 3 heteroatoms. The molecule has 0 bridgehead atoms. The Kier molecular flexibility index (Phi) is 6.44. The van der Waals surface area contributed by atoms with E-state index in [9.17, 15) is 4.79 Å². The van der Waals surface area contributed by atoms with E-state index in [1.54, 1.807) is 0 Å². The van der Waals surface area contributed by atoms with Crippen molar-refractivity contribution in [1.82, 2.24) is 4.90 Å². The van der Waals surface area contributed by atoms with E-state index in [1.165, 1.54) is 11.1 Å². The first kappa shape index (κ1) is 17.0. The van der Waals surface area contributed by atoms with E-state index >= 15 is 0 Å². The summed E-state index contributed by atoms with van der Waals surface area (Å²) in [7, 11) is 0. The largest absolute Gasteiger partial charge is 0.373 e. The van der Waals surface area contributed by atoms with Crippen LogP contribution in [0.2, 0.25) is 0 Å². The van der Waals surface area contributed by atoms with Crippen molar-refractivity contribution in [1.29, 1.82) is 0 Å².